The van der Waals surface area contributed by atoms with E-state index >= 15 is 0 Å². The lowest BCUT2D eigenvalue weighted by molar-refractivity contribution is 0.0527. The average Bonchev–Trinajstić information content (AvgIpc) is 3.34. The van der Waals surface area contributed by atoms with Crippen LogP contribution in [0.25, 0.3) is 5.65 Å². The number of nitrogens with zero attached hydrogens (tertiary/aromatic N) is 5. The highest BCUT2D eigenvalue weighted by molar-refractivity contribution is 7.09. The Balaban J connectivity index is 1.61. The topological polar surface area (TPSA) is 89.7 Å². The van der Waals surface area contributed by atoms with E-state index in [2.05, 4.69) is 15.1 Å². The molecule has 1 fully saturated rings. The number of hydrogen-bond donors (Lipinski definition) is 0. The van der Waals surface area contributed by atoms with E-state index in [0.29, 0.717) is 24.4 Å². The van der Waals surface area contributed by atoms with Crippen LogP contribution in [0.5, 0.6) is 0 Å². The van der Waals surface area contributed by atoms with Gasteiger partial charge in [0.1, 0.15) is 11.3 Å². The third-order valence-corrected chi connectivity index (χ3v) is 5.94. The number of esters is 1. The molecule has 1 aliphatic heterocycles. The molecule has 0 N–H and O–H groups in total. The van der Waals surface area contributed by atoms with Crippen molar-refractivity contribution in [3.63, 3.8) is 0 Å². The Morgan fingerprint density at radius 2 is 2.25 bits per heavy atom. The van der Waals surface area contributed by atoms with E-state index in [0.717, 1.165) is 23.5 Å². The highest BCUT2D eigenvalue weighted by Gasteiger charge is 2.29. The third kappa shape index (κ3) is 3.37. The lowest BCUT2D eigenvalue weighted by Crippen LogP contribution is -2.40. The molecule has 1 atom stereocenters. The molecule has 0 spiro atoms. The first-order valence-corrected chi connectivity index (χ1v) is 10.2. The Labute approximate surface area is 166 Å². The first kappa shape index (κ1) is 18.5. The summed E-state index contributed by atoms with van der Waals surface area (Å²) in [5.74, 6) is -0.364. The highest BCUT2D eigenvalue weighted by Crippen LogP contribution is 2.30. The van der Waals surface area contributed by atoms with Crippen molar-refractivity contribution in [2.45, 2.75) is 32.6 Å². The number of carbonyl (C=O) groups excluding carboxylic acids is 2. The van der Waals surface area contributed by atoms with Gasteiger partial charge in [-0.1, -0.05) is 0 Å². The number of hydrogen-bond acceptors (Lipinski definition) is 7. The van der Waals surface area contributed by atoms with Crippen molar-refractivity contribution >= 4 is 28.9 Å². The van der Waals surface area contributed by atoms with Crippen LogP contribution in [0.2, 0.25) is 0 Å². The highest BCUT2D eigenvalue weighted by atomic mass is 32.1. The number of ether oxygens (including phenoxy) is 1. The van der Waals surface area contributed by atoms with Gasteiger partial charge in [-0.3, -0.25) is 4.79 Å². The normalized spacial score (nSPS) is 17.1. The van der Waals surface area contributed by atoms with Crippen LogP contribution < -0.4 is 0 Å². The van der Waals surface area contributed by atoms with Gasteiger partial charge in [0, 0.05) is 36.3 Å². The van der Waals surface area contributed by atoms with Crippen molar-refractivity contribution < 1.29 is 14.3 Å². The summed E-state index contributed by atoms with van der Waals surface area (Å²) in [6, 6.07) is 1.63. The molecule has 28 heavy (non-hydrogen) atoms. The summed E-state index contributed by atoms with van der Waals surface area (Å²) in [7, 11) is 0. The average molecular weight is 399 g/mol. The monoisotopic (exact) mass is 399 g/mol. The van der Waals surface area contributed by atoms with E-state index in [1.165, 1.54) is 16.9 Å². The third-order valence-electron chi connectivity index (χ3n) is 4.81. The molecular formula is C19H21N5O3S. The number of thiazole rings is 1. The fourth-order valence-corrected chi connectivity index (χ4v) is 4.42. The number of piperidine rings is 1. The molecule has 4 heterocycles. The minimum Gasteiger partial charge on any atom is -0.462 e. The van der Waals surface area contributed by atoms with Crippen molar-refractivity contribution in [3.8, 4) is 0 Å². The van der Waals surface area contributed by atoms with Gasteiger partial charge in [-0.15, -0.1) is 11.3 Å². The van der Waals surface area contributed by atoms with Crippen molar-refractivity contribution in [3.05, 3.63) is 45.8 Å². The Bertz CT molecular complexity index is 1030. The molecule has 1 unspecified atom stereocenters. The number of fused-ring (bicyclic) bond motifs is 1. The molecule has 0 radical (unpaired) electrons. The smallest absolute Gasteiger partial charge is 0.343 e. The van der Waals surface area contributed by atoms with Gasteiger partial charge in [-0.25, -0.2) is 19.3 Å². The van der Waals surface area contributed by atoms with Crippen LogP contribution in [0.3, 0.4) is 0 Å². The zero-order valence-electron chi connectivity index (χ0n) is 15.8. The molecule has 1 amide bonds. The predicted molar refractivity (Wildman–Crippen MR) is 104 cm³/mol. The van der Waals surface area contributed by atoms with Gasteiger partial charge in [0.05, 0.1) is 17.8 Å². The maximum atomic E-state index is 13.2. The van der Waals surface area contributed by atoms with E-state index in [-0.39, 0.29) is 24.0 Å². The first-order valence-electron chi connectivity index (χ1n) is 9.29. The van der Waals surface area contributed by atoms with Crippen LogP contribution in [0.15, 0.2) is 23.8 Å². The van der Waals surface area contributed by atoms with E-state index < -0.39 is 5.97 Å². The van der Waals surface area contributed by atoms with Crippen LogP contribution in [0.1, 0.15) is 57.2 Å². The number of carbonyl (C=O) groups is 2. The Morgan fingerprint density at radius 3 is 3.00 bits per heavy atom. The maximum absolute atomic E-state index is 13.2. The van der Waals surface area contributed by atoms with Crippen LogP contribution >= 0.6 is 11.3 Å². The van der Waals surface area contributed by atoms with Gasteiger partial charge < -0.3 is 9.64 Å². The van der Waals surface area contributed by atoms with Crippen molar-refractivity contribution in [1.29, 1.82) is 0 Å². The molecule has 3 aromatic rings. The second kappa shape index (κ2) is 7.67. The number of aryl methyl sites for hydroxylation is 1. The van der Waals surface area contributed by atoms with Crippen molar-refractivity contribution in [2.75, 3.05) is 19.7 Å². The van der Waals surface area contributed by atoms with Crippen LogP contribution in [-0.4, -0.2) is 56.1 Å². The van der Waals surface area contributed by atoms with Gasteiger partial charge in [-0.05, 0) is 32.8 Å². The van der Waals surface area contributed by atoms with Gasteiger partial charge in [0.25, 0.3) is 5.91 Å². The van der Waals surface area contributed by atoms with Crippen LogP contribution in [0, 0.1) is 6.92 Å². The summed E-state index contributed by atoms with van der Waals surface area (Å²) in [4.78, 5) is 35.9. The zero-order chi connectivity index (χ0) is 19.7. The second-order valence-electron chi connectivity index (χ2n) is 6.76. The molecule has 3 aromatic heterocycles. The predicted octanol–water partition coefficient (Wildman–Crippen LogP) is 2.69. The summed E-state index contributed by atoms with van der Waals surface area (Å²) in [6.07, 6.45) is 4.88. The summed E-state index contributed by atoms with van der Waals surface area (Å²) < 4.78 is 6.47. The van der Waals surface area contributed by atoms with Gasteiger partial charge in [0.2, 0.25) is 0 Å². The van der Waals surface area contributed by atoms with Crippen LogP contribution in [0.4, 0.5) is 0 Å². The van der Waals surface area contributed by atoms with Crippen molar-refractivity contribution in [1.82, 2.24) is 24.5 Å². The fourth-order valence-electron chi connectivity index (χ4n) is 3.49. The standard InChI is InChI=1S/C19H21N5O3S/c1-3-27-19(26)14-9-21-24-15(6-7-20-16(14)24)18(25)23-8-4-5-13(10-23)17-22-12(2)11-28-17/h6-7,9,11,13H,3-5,8,10H2,1-2H3. The number of rotatable bonds is 4. The van der Waals surface area contributed by atoms with Gasteiger partial charge >= 0.3 is 5.97 Å². The fraction of sp³-hybridized carbons (Fsp3) is 0.421. The molecule has 146 valence electrons. The molecule has 0 bridgehead atoms. The summed E-state index contributed by atoms with van der Waals surface area (Å²) in [5.41, 5.74) is 1.98. The Kier molecular flexibility index (Phi) is 5.08. The van der Waals surface area contributed by atoms with Crippen LogP contribution in [-0.2, 0) is 4.74 Å². The molecule has 0 aromatic carbocycles. The maximum Gasteiger partial charge on any atom is 0.343 e. The SMILES string of the molecule is CCOC(=O)c1cnn2c(C(=O)N3CCCC(c4nc(C)cs4)C3)ccnc12. The van der Waals surface area contributed by atoms with E-state index in [1.54, 1.807) is 24.3 Å². The molecule has 0 aliphatic carbocycles. The van der Waals surface area contributed by atoms with E-state index in [1.807, 2.05) is 17.2 Å². The molecule has 0 saturated carbocycles. The molecule has 1 aliphatic rings. The number of aromatic nitrogens is 4. The lowest BCUT2D eigenvalue weighted by Gasteiger charge is -2.31. The van der Waals surface area contributed by atoms with E-state index in [9.17, 15) is 9.59 Å². The molecule has 9 heteroatoms. The quantitative estimate of drug-likeness (QED) is 0.627. The zero-order valence-corrected chi connectivity index (χ0v) is 16.6. The Hall–Kier alpha value is -2.81. The Morgan fingerprint density at radius 1 is 1.39 bits per heavy atom. The van der Waals surface area contributed by atoms with Gasteiger partial charge in [0.15, 0.2) is 5.65 Å². The second-order valence-corrected chi connectivity index (χ2v) is 7.65. The largest absolute Gasteiger partial charge is 0.462 e. The number of amides is 1. The summed E-state index contributed by atoms with van der Waals surface area (Å²) in [6.45, 7) is 5.30. The lowest BCUT2D eigenvalue weighted by atomic mass is 9.98. The van der Waals surface area contributed by atoms with Gasteiger partial charge in [-0.2, -0.15) is 5.10 Å². The van der Waals surface area contributed by atoms with E-state index in [4.69, 9.17) is 4.74 Å². The van der Waals surface area contributed by atoms with Crippen molar-refractivity contribution in [2.24, 2.45) is 0 Å². The molecule has 4 rings (SSSR count). The number of likely N-dealkylation sites (tertiary alicyclic amines) is 1. The molecule has 1 saturated heterocycles. The first-order chi connectivity index (χ1) is 13.6. The summed E-state index contributed by atoms with van der Waals surface area (Å²) >= 11 is 1.65. The molecule has 8 nitrogen and oxygen atoms in total. The minimum absolute atomic E-state index is 0.121. The minimum atomic E-state index is -0.494. The molecular weight excluding hydrogens is 378 g/mol. The summed E-state index contributed by atoms with van der Waals surface area (Å²) in [5, 5.41) is 7.34.